The normalized spacial score (nSPS) is 12.6. The minimum Gasteiger partial charge on any atom is -0.424 e. The highest BCUT2D eigenvalue weighted by Gasteiger charge is 2.29. The van der Waals surface area contributed by atoms with Gasteiger partial charge in [-0.3, -0.25) is 0 Å². The van der Waals surface area contributed by atoms with Crippen molar-refractivity contribution in [2.45, 2.75) is 38.1 Å². The summed E-state index contributed by atoms with van der Waals surface area (Å²) in [6.07, 6.45) is 1.74. The quantitative estimate of drug-likeness (QED) is 0.156. The fourth-order valence-corrected chi connectivity index (χ4v) is 5.75. The Kier molecular flexibility index (Phi) is 7.07. The molecule has 0 aliphatic heterocycles. The molecule has 0 saturated carbocycles. The van der Waals surface area contributed by atoms with Gasteiger partial charge in [0, 0.05) is 40.5 Å². The molecule has 5 rings (SSSR count). The van der Waals surface area contributed by atoms with Crippen LogP contribution in [0.25, 0.3) is 21.9 Å². The molecule has 0 fully saturated rings. The molecule has 10 heteroatoms. The van der Waals surface area contributed by atoms with Crippen LogP contribution in [0.4, 0.5) is 0 Å². The van der Waals surface area contributed by atoms with Gasteiger partial charge >= 0.3 is 11.6 Å². The molecule has 0 amide bonds. The van der Waals surface area contributed by atoms with Crippen molar-refractivity contribution in [2.75, 3.05) is 0 Å². The van der Waals surface area contributed by atoms with Gasteiger partial charge in [-0.1, -0.05) is 47.5 Å². The van der Waals surface area contributed by atoms with Crippen LogP contribution in [0.5, 0.6) is 5.75 Å². The van der Waals surface area contributed by atoms with E-state index in [1.54, 1.807) is 38.2 Å². The highest BCUT2D eigenvalue weighted by atomic mass is 35.5. The summed E-state index contributed by atoms with van der Waals surface area (Å²) in [5.74, 6) is -0.928. The molecule has 3 aromatic carbocycles. The van der Waals surface area contributed by atoms with Gasteiger partial charge < -0.3 is 14.1 Å². The van der Waals surface area contributed by atoms with Gasteiger partial charge in [0.1, 0.15) is 11.6 Å². The summed E-state index contributed by atoms with van der Waals surface area (Å²) in [6.45, 7) is 5.27. The topological polar surface area (TPSA) is 118 Å². The summed E-state index contributed by atoms with van der Waals surface area (Å²) in [4.78, 5) is 28.8. The molecule has 0 aliphatic rings. The SMILES string of the molecule is Cc1ccc(S(=O)(=O)NC(Cc2c[nH]c3ccccc23)C(=O)Oc2cc3oc(=O)c(C)c(C)c3cc2Cl)cc1. The molecular formula is C29H25ClN2O6S. The maximum atomic E-state index is 13.5. The maximum Gasteiger partial charge on any atom is 0.339 e. The number of hydrogen-bond acceptors (Lipinski definition) is 6. The van der Waals surface area contributed by atoms with E-state index in [2.05, 4.69) is 9.71 Å². The van der Waals surface area contributed by atoms with E-state index in [0.717, 1.165) is 22.0 Å². The first-order valence-electron chi connectivity index (χ1n) is 12.1. The average Bonchev–Trinajstić information content (AvgIpc) is 3.31. The van der Waals surface area contributed by atoms with Gasteiger partial charge in [-0.05, 0) is 56.2 Å². The third kappa shape index (κ3) is 5.34. The molecule has 5 aromatic rings. The Morgan fingerprint density at radius 2 is 1.74 bits per heavy atom. The first-order chi connectivity index (χ1) is 18.5. The van der Waals surface area contributed by atoms with E-state index in [4.69, 9.17) is 20.8 Å². The molecule has 200 valence electrons. The standard InChI is InChI=1S/C29H25ClN2O6S/c1-16-8-10-20(11-9-16)39(35,36)32-25(12-19-15-31-24-7-5-4-6-21(19)24)29(34)38-27-14-26-22(13-23(27)30)17(2)18(3)28(33)37-26/h4-11,13-15,25,31-32H,12H2,1-3H3. The second-order valence-corrected chi connectivity index (χ2v) is 11.5. The Labute approximate surface area is 229 Å². The van der Waals surface area contributed by atoms with Crippen molar-refractivity contribution in [3.63, 3.8) is 0 Å². The number of para-hydroxylation sites is 1. The van der Waals surface area contributed by atoms with E-state index in [1.165, 1.54) is 18.2 Å². The second-order valence-electron chi connectivity index (χ2n) is 9.39. The maximum absolute atomic E-state index is 13.5. The number of aromatic amines is 1. The third-order valence-corrected chi connectivity index (χ3v) is 8.52. The molecule has 2 aromatic heterocycles. The lowest BCUT2D eigenvalue weighted by molar-refractivity contribution is -0.136. The van der Waals surface area contributed by atoms with Gasteiger partial charge in [0.05, 0.1) is 9.92 Å². The molecule has 0 saturated heterocycles. The largest absolute Gasteiger partial charge is 0.424 e. The Morgan fingerprint density at radius 3 is 2.49 bits per heavy atom. The van der Waals surface area contributed by atoms with Gasteiger partial charge in [-0.2, -0.15) is 4.72 Å². The number of aryl methyl sites for hydroxylation is 2. The number of fused-ring (bicyclic) bond motifs is 2. The van der Waals surface area contributed by atoms with Crippen LogP contribution in [0.15, 0.2) is 81.0 Å². The lowest BCUT2D eigenvalue weighted by Gasteiger charge is -2.18. The van der Waals surface area contributed by atoms with E-state index in [0.29, 0.717) is 16.5 Å². The summed E-state index contributed by atoms with van der Waals surface area (Å²) in [5, 5.41) is 1.56. The van der Waals surface area contributed by atoms with Crippen molar-refractivity contribution < 1.29 is 22.4 Å². The number of H-pyrrole nitrogens is 1. The number of hydrogen-bond donors (Lipinski definition) is 2. The highest BCUT2D eigenvalue weighted by Crippen LogP contribution is 2.32. The van der Waals surface area contributed by atoms with E-state index in [1.807, 2.05) is 31.2 Å². The van der Waals surface area contributed by atoms with Gasteiger partial charge in [0.15, 0.2) is 5.75 Å². The number of nitrogens with one attached hydrogen (secondary N) is 2. The smallest absolute Gasteiger partial charge is 0.339 e. The third-order valence-electron chi connectivity index (χ3n) is 6.73. The Morgan fingerprint density at radius 1 is 1.03 bits per heavy atom. The van der Waals surface area contributed by atoms with Crippen LogP contribution in [0.3, 0.4) is 0 Å². The molecule has 0 spiro atoms. The lowest BCUT2D eigenvalue weighted by atomic mass is 10.1. The number of carbonyl (C=O) groups excluding carboxylic acids is 1. The Hall–Kier alpha value is -3.92. The fraction of sp³-hybridized carbons (Fsp3) is 0.172. The number of carbonyl (C=O) groups is 1. The molecule has 1 unspecified atom stereocenters. The lowest BCUT2D eigenvalue weighted by Crippen LogP contribution is -2.44. The average molecular weight is 565 g/mol. The van der Waals surface area contributed by atoms with Crippen LogP contribution >= 0.6 is 11.6 Å². The number of sulfonamides is 1. The number of ether oxygens (including phenoxy) is 1. The van der Waals surface area contributed by atoms with Crippen molar-refractivity contribution in [1.82, 2.24) is 9.71 Å². The van der Waals surface area contributed by atoms with Crippen molar-refractivity contribution >= 4 is 49.5 Å². The summed E-state index contributed by atoms with van der Waals surface area (Å²) >= 11 is 6.44. The molecular weight excluding hydrogens is 540 g/mol. The molecule has 39 heavy (non-hydrogen) atoms. The van der Waals surface area contributed by atoms with Crippen LogP contribution < -0.4 is 15.1 Å². The molecule has 0 aliphatic carbocycles. The van der Waals surface area contributed by atoms with Gasteiger partial charge in [0.25, 0.3) is 0 Å². The minimum absolute atomic E-state index is 0.00647. The van der Waals surface area contributed by atoms with Crippen molar-refractivity contribution in [3.05, 3.63) is 105 Å². The van der Waals surface area contributed by atoms with Gasteiger partial charge in [-0.25, -0.2) is 18.0 Å². The first kappa shape index (κ1) is 26.7. The minimum atomic E-state index is -4.08. The number of benzene rings is 3. The number of rotatable bonds is 7. The summed E-state index contributed by atoms with van der Waals surface area (Å²) in [6, 6.07) is 15.4. The molecule has 2 N–H and O–H groups in total. The molecule has 1 atom stereocenters. The van der Waals surface area contributed by atoms with Crippen molar-refractivity contribution in [2.24, 2.45) is 0 Å². The zero-order valence-corrected chi connectivity index (χ0v) is 22.9. The van der Waals surface area contributed by atoms with Gasteiger partial charge in [0.2, 0.25) is 10.0 Å². The number of esters is 1. The fourth-order valence-electron chi connectivity index (χ4n) is 4.37. The second kappa shape index (κ2) is 10.3. The number of aromatic nitrogens is 1. The summed E-state index contributed by atoms with van der Waals surface area (Å²) in [7, 11) is -4.08. The Balaban J connectivity index is 1.51. The van der Waals surface area contributed by atoms with E-state index >= 15 is 0 Å². The predicted octanol–water partition coefficient (Wildman–Crippen LogP) is 5.35. The first-order valence-corrected chi connectivity index (χ1v) is 14.0. The van der Waals surface area contributed by atoms with Crippen LogP contribution in [-0.2, 0) is 21.2 Å². The molecule has 0 radical (unpaired) electrons. The van der Waals surface area contributed by atoms with Crippen LogP contribution in [0, 0.1) is 20.8 Å². The summed E-state index contributed by atoms with van der Waals surface area (Å²) in [5.41, 5.74) is 3.30. The van der Waals surface area contributed by atoms with E-state index < -0.39 is 27.7 Å². The van der Waals surface area contributed by atoms with Gasteiger partial charge in [-0.15, -0.1) is 0 Å². The van der Waals surface area contributed by atoms with Crippen molar-refractivity contribution in [3.8, 4) is 5.75 Å². The van der Waals surface area contributed by atoms with Crippen LogP contribution in [-0.4, -0.2) is 25.4 Å². The molecule has 0 bridgehead atoms. The Bertz CT molecular complexity index is 1890. The number of halogens is 1. The molecule has 8 nitrogen and oxygen atoms in total. The predicted molar refractivity (Wildman–Crippen MR) is 150 cm³/mol. The van der Waals surface area contributed by atoms with E-state index in [9.17, 15) is 18.0 Å². The van der Waals surface area contributed by atoms with Crippen LogP contribution in [0.2, 0.25) is 5.02 Å². The van der Waals surface area contributed by atoms with Crippen molar-refractivity contribution in [1.29, 1.82) is 0 Å². The van der Waals surface area contributed by atoms with E-state index in [-0.39, 0.29) is 27.7 Å². The monoisotopic (exact) mass is 564 g/mol. The summed E-state index contributed by atoms with van der Waals surface area (Å²) < 4.78 is 40.0. The molecule has 2 heterocycles. The zero-order chi connectivity index (χ0) is 27.9. The zero-order valence-electron chi connectivity index (χ0n) is 21.4. The van der Waals surface area contributed by atoms with Crippen LogP contribution in [0.1, 0.15) is 22.3 Å². The highest BCUT2D eigenvalue weighted by molar-refractivity contribution is 7.89.